The molecule has 0 saturated heterocycles. The number of rotatable bonds is 8. The van der Waals surface area contributed by atoms with Gasteiger partial charge >= 0.3 is 5.97 Å². The molecule has 0 unspecified atom stereocenters. The molecule has 0 aliphatic carbocycles. The first kappa shape index (κ1) is 19.9. The van der Waals surface area contributed by atoms with Crippen molar-refractivity contribution in [3.8, 4) is 5.75 Å². The van der Waals surface area contributed by atoms with Gasteiger partial charge in [-0.05, 0) is 56.3 Å². The van der Waals surface area contributed by atoms with Gasteiger partial charge in [-0.1, -0.05) is 6.07 Å². The van der Waals surface area contributed by atoms with E-state index in [4.69, 9.17) is 9.47 Å². The van der Waals surface area contributed by atoms with Crippen molar-refractivity contribution >= 4 is 16.0 Å². The highest BCUT2D eigenvalue weighted by molar-refractivity contribution is 7.89. The number of benzene rings is 2. The number of halogens is 1. The van der Waals surface area contributed by atoms with Crippen molar-refractivity contribution < 1.29 is 27.1 Å². The van der Waals surface area contributed by atoms with Crippen LogP contribution < -0.4 is 9.46 Å². The maximum atomic E-state index is 12.8. The van der Waals surface area contributed by atoms with E-state index in [1.807, 2.05) is 0 Å². The van der Waals surface area contributed by atoms with Crippen LogP contribution in [0.2, 0.25) is 0 Å². The second-order valence-electron chi connectivity index (χ2n) is 5.74. The van der Waals surface area contributed by atoms with Gasteiger partial charge < -0.3 is 9.47 Å². The quantitative estimate of drug-likeness (QED) is 0.562. The summed E-state index contributed by atoms with van der Waals surface area (Å²) in [5.41, 5.74) is 0.124. The van der Waals surface area contributed by atoms with Crippen molar-refractivity contribution in [2.45, 2.75) is 24.8 Å². The Bertz CT molecular complexity index is 850. The summed E-state index contributed by atoms with van der Waals surface area (Å²) < 4.78 is 49.9. The molecule has 2 aromatic carbocycles. The predicted octanol–water partition coefficient (Wildman–Crippen LogP) is 2.75. The minimum atomic E-state index is -3.69. The highest BCUT2D eigenvalue weighted by Crippen LogP contribution is 2.14. The molecule has 140 valence electrons. The van der Waals surface area contributed by atoms with E-state index in [0.29, 0.717) is 5.75 Å². The Labute approximate surface area is 152 Å². The lowest BCUT2D eigenvalue weighted by atomic mass is 10.2. The smallest absolute Gasteiger partial charge is 0.338 e. The Balaban J connectivity index is 1.91. The van der Waals surface area contributed by atoms with Crippen LogP contribution in [0.5, 0.6) is 5.75 Å². The Morgan fingerprint density at radius 3 is 2.46 bits per heavy atom. The summed E-state index contributed by atoms with van der Waals surface area (Å²) in [6.07, 6.45) is 0. The lowest BCUT2D eigenvalue weighted by Crippen LogP contribution is -2.30. The van der Waals surface area contributed by atoms with E-state index >= 15 is 0 Å². The van der Waals surface area contributed by atoms with Gasteiger partial charge in [0.15, 0.2) is 0 Å². The fourth-order valence-electron chi connectivity index (χ4n) is 2.08. The summed E-state index contributed by atoms with van der Waals surface area (Å²) in [5.74, 6) is -0.574. The van der Waals surface area contributed by atoms with Crippen molar-refractivity contribution in [2.75, 3.05) is 13.2 Å². The molecule has 0 aliphatic rings. The zero-order valence-electron chi connectivity index (χ0n) is 14.4. The van der Waals surface area contributed by atoms with E-state index < -0.39 is 16.0 Å². The van der Waals surface area contributed by atoms with E-state index in [9.17, 15) is 17.6 Å². The van der Waals surface area contributed by atoms with Crippen LogP contribution >= 0.6 is 0 Å². The Kier molecular flexibility index (Phi) is 6.70. The van der Waals surface area contributed by atoms with Gasteiger partial charge in [-0.3, -0.25) is 0 Å². The zero-order chi connectivity index (χ0) is 19.2. The first-order valence-electron chi connectivity index (χ1n) is 7.96. The largest absolute Gasteiger partial charge is 0.490 e. The minimum absolute atomic E-state index is 0.0109. The normalized spacial score (nSPS) is 11.4. The van der Waals surface area contributed by atoms with Gasteiger partial charge in [0.25, 0.3) is 0 Å². The predicted molar refractivity (Wildman–Crippen MR) is 94.1 cm³/mol. The summed E-state index contributed by atoms with van der Waals surface area (Å²) in [7, 11) is -3.69. The average Bonchev–Trinajstić information content (AvgIpc) is 2.59. The minimum Gasteiger partial charge on any atom is -0.490 e. The van der Waals surface area contributed by atoms with Crippen LogP contribution in [0.25, 0.3) is 0 Å². The Hall–Kier alpha value is -2.45. The molecule has 0 fully saturated rings. The molecule has 2 rings (SSSR count). The van der Waals surface area contributed by atoms with Crippen molar-refractivity contribution in [1.82, 2.24) is 4.72 Å². The monoisotopic (exact) mass is 381 g/mol. The lowest BCUT2D eigenvalue weighted by molar-refractivity contribution is 0.0450. The van der Waals surface area contributed by atoms with Gasteiger partial charge in [0.05, 0.1) is 10.5 Å². The Morgan fingerprint density at radius 2 is 1.81 bits per heavy atom. The van der Waals surface area contributed by atoms with Crippen molar-refractivity contribution in [2.24, 2.45) is 0 Å². The summed E-state index contributed by atoms with van der Waals surface area (Å²) >= 11 is 0. The number of hydrogen-bond donors (Lipinski definition) is 1. The molecule has 2 aromatic rings. The zero-order valence-corrected chi connectivity index (χ0v) is 15.3. The van der Waals surface area contributed by atoms with Crippen LogP contribution in [-0.4, -0.2) is 33.6 Å². The molecule has 0 atom stereocenters. The van der Waals surface area contributed by atoms with E-state index in [1.165, 1.54) is 48.5 Å². The molecule has 8 heteroatoms. The van der Waals surface area contributed by atoms with Crippen LogP contribution in [0, 0.1) is 5.82 Å². The molecule has 6 nitrogen and oxygen atoms in total. The van der Waals surface area contributed by atoms with E-state index in [0.717, 1.165) is 0 Å². The lowest BCUT2D eigenvalue weighted by Gasteiger charge is -2.11. The van der Waals surface area contributed by atoms with Crippen molar-refractivity contribution in [3.63, 3.8) is 0 Å². The van der Waals surface area contributed by atoms with Gasteiger partial charge in [0.1, 0.15) is 24.8 Å². The SMILES string of the molecule is CC(C)NS(=O)(=O)c1cccc(C(=O)OCCOc2ccc(F)cc2)c1. The number of sulfonamides is 1. The summed E-state index contributed by atoms with van der Waals surface area (Å²) in [5, 5.41) is 0. The number of carbonyl (C=O) groups excluding carboxylic acids is 1. The van der Waals surface area contributed by atoms with E-state index in [2.05, 4.69) is 4.72 Å². The van der Waals surface area contributed by atoms with Crippen LogP contribution in [0.15, 0.2) is 53.4 Å². The van der Waals surface area contributed by atoms with Gasteiger partial charge in [0.2, 0.25) is 10.0 Å². The number of esters is 1. The number of ether oxygens (including phenoxy) is 2. The van der Waals surface area contributed by atoms with Crippen LogP contribution in [0.3, 0.4) is 0 Å². The molecular formula is C18H20FNO5S. The first-order valence-corrected chi connectivity index (χ1v) is 9.44. The maximum Gasteiger partial charge on any atom is 0.338 e. The standard InChI is InChI=1S/C18H20FNO5S/c1-13(2)20-26(22,23)17-5-3-4-14(12-17)18(21)25-11-10-24-16-8-6-15(19)7-9-16/h3-9,12-13,20H,10-11H2,1-2H3. The molecule has 0 amide bonds. The number of nitrogens with one attached hydrogen (secondary N) is 1. The fourth-order valence-corrected chi connectivity index (χ4v) is 3.37. The summed E-state index contributed by atoms with van der Waals surface area (Å²) in [4.78, 5) is 12.0. The molecular weight excluding hydrogens is 361 g/mol. The fraction of sp³-hybridized carbons (Fsp3) is 0.278. The molecule has 0 radical (unpaired) electrons. The second kappa shape index (κ2) is 8.77. The highest BCUT2D eigenvalue weighted by Gasteiger charge is 2.17. The first-order chi connectivity index (χ1) is 12.3. The second-order valence-corrected chi connectivity index (χ2v) is 7.46. The Morgan fingerprint density at radius 1 is 1.12 bits per heavy atom. The maximum absolute atomic E-state index is 12.8. The van der Waals surface area contributed by atoms with Crippen LogP contribution in [0.1, 0.15) is 24.2 Å². The van der Waals surface area contributed by atoms with Gasteiger partial charge in [-0.15, -0.1) is 0 Å². The van der Waals surface area contributed by atoms with E-state index in [-0.39, 0.29) is 35.5 Å². The topological polar surface area (TPSA) is 81.7 Å². The summed E-state index contributed by atoms with van der Waals surface area (Å²) in [6.45, 7) is 3.47. The molecule has 0 bridgehead atoms. The third-order valence-corrected chi connectivity index (χ3v) is 4.83. The third kappa shape index (κ3) is 5.82. The van der Waals surface area contributed by atoms with Gasteiger partial charge in [-0.25, -0.2) is 22.3 Å². The third-order valence-electron chi connectivity index (χ3n) is 3.17. The van der Waals surface area contributed by atoms with Crippen molar-refractivity contribution in [1.29, 1.82) is 0 Å². The molecule has 26 heavy (non-hydrogen) atoms. The molecule has 0 saturated carbocycles. The molecule has 0 heterocycles. The number of hydrogen-bond acceptors (Lipinski definition) is 5. The highest BCUT2D eigenvalue weighted by atomic mass is 32.2. The molecule has 1 N–H and O–H groups in total. The van der Waals surface area contributed by atoms with Crippen molar-refractivity contribution in [3.05, 3.63) is 59.9 Å². The van der Waals surface area contributed by atoms with Gasteiger partial charge in [0, 0.05) is 6.04 Å². The van der Waals surface area contributed by atoms with E-state index in [1.54, 1.807) is 13.8 Å². The molecule has 0 aromatic heterocycles. The molecule has 0 aliphatic heterocycles. The average molecular weight is 381 g/mol. The van der Waals surface area contributed by atoms with Crippen LogP contribution in [-0.2, 0) is 14.8 Å². The van der Waals surface area contributed by atoms with Crippen LogP contribution in [0.4, 0.5) is 4.39 Å². The molecule has 0 spiro atoms. The van der Waals surface area contributed by atoms with Gasteiger partial charge in [-0.2, -0.15) is 0 Å². The number of carbonyl (C=O) groups is 1. The summed E-state index contributed by atoms with van der Waals surface area (Å²) in [6, 6.07) is 10.8.